The van der Waals surface area contributed by atoms with E-state index in [4.69, 9.17) is 12.2 Å². The number of carbonyl (C=O) groups is 2. The number of amides is 2. The highest BCUT2D eigenvalue weighted by Gasteiger charge is 2.40. The Balaban J connectivity index is 1.78. The Morgan fingerprint density at radius 3 is 2.96 bits per heavy atom. The highest BCUT2D eigenvalue weighted by molar-refractivity contribution is 8.26. The molecule has 2 aliphatic heterocycles. The van der Waals surface area contributed by atoms with Crippen LogP contribution in [0.3, 0.4) is 0 Å². The van der Waals surface area contributed by atoms with Crippen molar-refractivity contribution in [2.45, 2.75) is 44.7 Å². The summed E-state index contributed by atoms with van der Waals surface area (Å²) in [6.07, 6.45) is 4.93. The number of hydrogen-bond acceptors (Lipinski definition) is 5. The van der Waals surface area contributed by atoms with Crippen LogP contribution in [0.2, 0.25) is 0 Å². The molecule has 0 unspecified atom stereocenters. The molecule has 1 aromatic rings. The number of rotatable bonds is 5. The van der Waals surface area contributed by atoms with Crippen LogP contribution in [-0.4, -0.2) is 56.3 Å². The van der Waals surface area contributed by atoms with Crippen LogP contribution in [0.5, 0.6) is 0 Å². The Labute approximate surface area is 173 Å². The highest BCUT2D eigenvalue weighted by Crippen LogP contribution is 2.35. The molecule has 2 saturated heterocycles. The lowest BCUT2D eigenvalue weighted by Gasteiger charge is -2.38. The van der Waals surface area contributed by atoms with Crippen LogP contribution >= 0.6 is 24.0 Å². The van der Waals surface area contributed by atoms with E-state index in [1.54, 1.807) is 30.0 Å². The van der Waals surface area contributed by atoms with Crippen molar-refractivity contribution < 1.29 is 19.1 Å². The number of aliphatic hydroxyl groups is 1. The average molecular weight is 423 g/mol. The van der Waals surface area contributed by atoms with E-state index in [0.29, 0.717) is 27.8 Å². The molecule has 2 amide bonds. The third-order valence-corrected chi connectivity index (χ3v) is 6.42. The van der Waals surface area contributed by atoms with Crippen molar-refractivity contribution in [3.8, 4) is 0 Å². The molecule has 0 bridgehead atoms. The van der Waals surface area contributed by atoms with Gasteiger partial charge in [-0.3, -0.25) is 14.5 Å². The molecule has 2 aliphatic rings. The SMILES string of the molecule is C[C@H](C(=O)N1CCCC[C@@H]1CCO)N1C(=O)/C(=C/c2cccc(F)c2)SC1=S. The molecule has 0 aliphatic carbocycles. The van der Waals surface area contributed by atoms with Gasteiger partial charge in [0.25, 0.3) is 5.91 Å². The number of benzene rings is 1. The van der Waals surface area contributed by atoms with Gasteiger partial charge in [0.05, 0.1) is 4.91 Å². The fraction of sp³-hybridized carbons (Fsp3) is 0.450. The molecule has 8 heteroatoms. The third-order valence-electron chi connectivity index (χ3n) is 5.09. The summed E-state index contributed by atoms with van der Waals surface area (Å²) in [6.45, 7) is 2.34. The maximum atomic E-state index is 13.4. The van der Waals surface area contributed by atoms with Crippen LogP contribution in [0.4, 0.5) is 4.39 Å². The molecule has 5 nitrogen and oxygen atoms in total. The average Bonchev–Trinajstić information content (AvgIpc) is 2.94. The van der Waals surface area contributed by atoms with E-state index in [0.717, 1.165) is 31.0 Å². The molecule has 2 heterocycles. The minimum absolute atomic E-state index is 0.00469. The zero-order valence-corrected chi connectivity index (χ0v) is 17.3. The van der Waals surface area contributed by atoms with Crippen molar-refractivity contribution in [3.05, 3.63) is 40.6 Å². The van der Waals surface area contributed by atoms with Gasteiger partial charge in [0, 0.05) is 19.2 Å². The van der Waals surface area contributed by atoms with Crippen molar-refractivity contribution >= 4 is 46.2 Å². The molecule has 0 saturated carbocycles. The molecule has 3 rings (SSSR count). The predicted octanol–water partition coefficient (Wildman–Crippen LogP) is 3.18. The Kier molecular flexibility index (Phi) is 6.85. The lowest BCUT2D eigenvalue weighted by Crippen LogP contribution is -2.53. The summed E-state index contributed by atoms with van der Waals surface area (Å²) in [5.74, 6) is -0.870. The normalized spacial score (nSPS) is 22.8. The van der Waals surface area contributed by atoms with Gasteiger partial charge in [0.15, 0.2) is 0 Å². The van der Waals surface area contributed by atoms with Crippen LogP contribution in [-0.2, 0) is 9.59 Å². The molecule has 0 spiro atoms. The predicted molar refractivity (Wildman–Crippen MR) is 112 cm³/mol. The van der Waals surface area contributed by atoms with Crippen LogP contribution in [0.15, 0.2) is 29.2 Å². The van der Waals surface area contributed by atoms with Crippen molar-refractivity contribution in [1.29, 1.82) is 0 Å². The highest BCUT2D eigenvalue weighted by atomic mass is 32.2. The Bertz CT molecular complexity index is 812. The third kappa shape index (κ3) is 4.45. The summed E-state index contributed by atoms with van der Waals surface area (Å²) in [4.78, 5) is 29.5. The minimum Gasteiger partial charge on any atom is -0.396 e. The number of halogens is 1. The van der Waals surface area contributed by atoms with Crippen molar-refractivity contribution in [2.24, 2.45) is 0 Å². The first-order chi connectivity index (χ1) is 13.4. The molecule has 1 N–H and O–H groups in total. The standard InChI is InChI=1S/C20H23FN2O3S2/c1-13(18(25)22-9-3-2-7-16(22)8-10-24)23-19(26)17(28-20(23)27)12-14-5-4-6-15(21)11-14/h4-6,11-13,16,24H,2-3,7-10H2,1H3/b17-12-/t13-,16-/m1/s1. The van der Waals surface area contributed by atoms with Gasteiger partial charge < -0.3 is 10.0 Å². The monoisotopic (exact) mass is 422 g/mol. The van der Waals surface area contributed by atoms with E-state index in [1.165, 1.54) is 17.0 Å². The number of thiocarbonyl (C=S) groups is 1. The van der Waals surface area contributed by atoms with Crippen LogP contribution in [0, 0.1) is 5.82 Å². The van der Waals surface area contributed by atoms with Gasteiger partial charge in [0.2, 0.25) is 5.91 Å². The molecule has 28 heavy (non-hydrogen) atoms. The number of nitrogens with zero attached hydrogens (tertiary/aromatic N) is 2. The van der Waals surface area contributed by atoms with E-state index in [9.17, 15) is 19.1 Å². The van der Waals surface area contributed by atoms with Crippen LogP contribution in [0.1, 0.15) is 38.2 Å². The van der Waals surface area contributed by atoms with Gasteiger partial charge >= 0.3 is 0 Å². The van der Waals surface area contributed by atoms with E-state index in [2.05, 4.69) is 0 Å². The van der Waals surface area contributed by atoms with Gasteiger partial charge in [-0.1, -0.05) is 36.1 Å². The Morgan fingerprint density at radius 1 is 1.46 bits per heavy atom. The molecule has 2 atom stereocenters. The zero-order valence-electron chi connectivity index (χ0n) is 15.6. The van der Waals surface area contributed by atoms with Crippen molar-refractivity contribution in [2.75, 3.05) is 13.2 Å². The van der Waals surface area contributed by atoms with Crippen LogP contribution in [0.25, 0.3) is 6.08 Å². The van der Waals surface area contributed by atoms with Gasteiger partial charge in [-0.25, -0.2) is 4.39 Å². The fourth-order valence-electron chi connectivity index (χ4n) is 3.65. The Morgan fingerprint density at radius 2 is 2.25 bits per heavy atom. The van der Waals surface area contributed by atoms with E-state index >= 15 is 0 Å². The summed E-state index contributed by atoms with van der Waals surface area (Å²) in [6, 6.07) is 5.24. The van der Waals surface area contributed by atoms with Gasteiger partial charge in [0.1, 0.15) is 16.2 Å². The molecule has 2 fully saturated rings. The lowest BCUT2D eigenvalue weighted by molar-refractivity contribution is -0.142. The number of carbonyl (C=O) groups excluding carboxylic acids is 2. The topological polar surface area (TPSA) is 60.9 Å². The molecular weight excluding hydrogens is 399 g/mol. The summed E-state index contributed by atoms with van der Waals surface area (Å²) in [5.41, 5.74) is 0.568. The molecule has 150 valence electrons. The van der Waals surface area contributed by atoms with Crippen molar-refractivity contribution in [3.63, 3.8) is 0 Å². The van der Waals surface area contributed by atoms with E-state index in [1.807, 2.05) is 0 Å². The first-order valence-electron chi connectivity index (χ1n) is 9.36. The van der Waals surface area contributed by atoms with Crippen molar-refractivity contribution in [1.82, 2.24) is 9.80 Å². The first kappa shape index (κ1) is 21.0. The number of thioether (sulfide) groups is 1. The number of aliphatic hydroxyl groups excluding tert-OH is 1. The zero-order chi connectivity index (χ0) is 20.3. The second-order valence-electron chi connectivity index (χ2n) is 6.98. The quantitative estimate of drug-likeness (QED) is 0.583. The smallest absolute Gasteiger partial charge is 0.266 e. The minimum atomic E-state index is -0.717. The maximum absolute atomic E-state index is 13.4. The summed E-state index contributed by atoms with van der Waals surface area (Å²) in [5, 5.41) is 9.29. The van der Waals surface area contributed by atoms with Gasteiger partial charge in [-0.05, 0) is 56.4 Å². The summed E-state index contributed by atoms with van der Waals surface area (Å²) < 4.78 is 13.7. The number of likely N-dealkylation sites (tertiary alicyclic amines) is 1. The fourth-order valence-corrected chi connectivity index (χ4v) is 5.07. The first-order valence-corrected chi connectivity index (χ1v) is 10.6. The maximum Gasteiger partial charge on any atom is 0.266 e. The Hall–Kier alpha value is -1.77. The number of hydrogen-bond donors (Lipinski definition) is 1. The van der Waals surface area contributed by atoms with Gasteiger partial charge in [-0.2, -0.15) is 0 Å². The largest absolute Gasteiger partial charge is 0.396 e. The molecule has 0 aromatic heterocycles. The summed E-state index contributed by atoms with van der Waals surface area (Å²) >= 11 is 6.48. The summed E-state index contributed by atoms with van der Waals surface area (Å²) in [7, 11) is 0. The molecule has 1 aromatic carbocycles. The van der Waals surface area contributed by atoms with Gasteiger partial charge in [-0.15, -0.1) is 0 Å². The molecular formula is C20H23FN2O3S2. The molecule has 0 radical (unpaired) electrons. The number of piperidine rings is 1. The lowest BCUT2D eigenvalue weighted by atomic mass is 9.98. The van der Waals surface area contributed by atoms with E-state index in [-0.39, 0.29) is 30.3 Å². The van der Waals surface area contributed by atoms with Crippen LogP contribution < -0.4 is 0 Å². The van der Waals surface area contributed by atoms with E-state index < -0.39 is 6.04 Å². The second-order valence-corrected chi connectivity index (χ2v) is 8.65. The second kappa shape index (κ2) is 9.15.